The van der Waals surface area contributed by atoms with Gasteiger partial charge in [0.1, 0.15) is 6.61 Å². The monoisotopic (exact) mass is 389 g/mol. The fourth-order valence-corrected chi connectivity index (χ4v) is 3.05. The molecule has 1 atom stereocenters. The molecule has 0 saturated carbocycles. The van der Waals surface area contributed by atoms with Crippen molar-refractivity contribution in [3.8, 4) is 11.4 Å². The minimum absolute atomic E-state index is 0.0368. The summed E-state index contributed by atoms with van der Waals surface area (Å²) in [6.07, 6.45) is -4.70. The number of carbonyl (C=O) groups excluding carboxylic acids is 1. The van der Waals surface area contributed by atoms with Gasteiger partial charge in [-0.05, 0) is 29.8 Å². The van der Waals surface area contributed by atoms with E-state index in [0.717, 1.165) is 5.56 Å². The summed E-state index contributed by atoms with van der Waals surface area (Å²) < 4.78 is 47.5. The Labute approximate surface area is 157 Å². The molecule has 1 aliphatic heterocycles. The first-order valence-corrected chi connectivity index (χ1v) is 8.39. The maximum absolute atomic E-state index is 12.6. The summed E-state index contributed by atoms with van der Waals surface area (Å²) in [5.41, 5.74) is 1.87. The summed E-state index contributed by atoms with van der Waals surface area (Å²) in [6, 6.07) is 15.5. The second-order valence-corrected chi connectivity index (χ2v) is 6.17. The van der Waals surface area contributed by atoms with E-state index in [-0.39, 0.29) is 24.4 Å². The lowest BCUT2D eigenvalue weighted by molar-refractivity contribution is -0.159. The molecule has 6 nitrogen and oxygen atoms in total. The van der Waals surface area contributed by atoms with Gasteiger partial charge in [0.15, 0.2) is 0 Å². The van der Waals surface area contributed by atoms with Crippen LogP contribution in [0.2, 0.25) is 0 Å². The van der Waals surface area contributed by atoms with Crippen LogP contribution in [0.4, 0.5) is 18.9 Å². The lowest BCUT2D eigenvalue weighted by atomic mass is 10.0. The van der Waals surface area contributed by atoms with E-state index in [1.54, 1.807) is 29.2 Å². The van der Waals surface area contributed by atoms with Crippen LogP contribution in [0.1, 0.15) is 17.5 Å². The van der Waals surface area contributed by atoms with Crippen LogP contribution in [0.3, 0.4) is 0 Å². The molecule has 3 aromatic rings. The summed E-state index contributed by atoms with van der Waals surface area (Å²) in [5, 5.41) is 3.37. The molecule has 1 fully saturated rings. The maximum atomic E-state index is 12.6. The van der Waals surface area contributed by atoms with Gasteiger partial charge in [0.2, 0.25) is 5.82 Å². The van der Waals surface area contributed by atoms with Gasteiger partial charge in [-0.1, -0.05) is 35.5 Å². The average molecular weight is 389 g/mol. The Kier molecular flexibility index (Phi) is 4.60. The molecule has 2 heterocycles. The Morgan fingerprint density at radius 2 is 1.75 bits per heavy atom. The molecule has 1 unspecified atom stereocenters. The van der Waals surface area contributed by atoms with Gasteiger partial charge in [0.05, 0.1) is 12.6 Å². The topological polar surface area (TPSA) is 68.5 Å². The van der Waals surface area contributed by atoms with Crippen molar-refractivity contribution in [2.75, 3.05) is 18.1 Å². The number of rotatable bonds is 3. The van der Waals surface area contributed by atoms with Crippen molar-refractivity contribution < 1.29 is 27.2 Å². The highest BCUT2D eigenvalue weighted by Gasteiger charge is 2.38. The van der Waals surface area contributed by atoms with Gasteiger partial charge < -0.3 is 14.2 Å². The predicted molar refractivity (Wildman–Crippen MR) is 92.2 cm³/mol. The largest absolute Gasteiger partial charge is 0.471 e. The van der Waals surface area contributed by atoms with Crippen molar-refractivity contribution >= 4 is 11.6 Å². The summed E-state index contributed by atoms with van der Waals surface area (Å²) in [6.45, 7) is 0.308. The van der Waals surface area contributed by atoms with Crippen LogP contribution in [-0.4, -0.2) is 29.3 Å². The van der Waals surface area contributed by atoms with E-state index < -0.39 is 12.1 Å². The van der Waals surface area contributed by atoms with Gasteiger partial charge in [-0.25, -0.2) is 0 Å². The number of carbonyl (C=O) groups is 1. The Morgan fingerprint density at radius 3 is 2.39 bits per heavy atom. The lowest BCUT2D eigenvalue weighted by Crippen LogP contribution is -2.44. The number of hydrogen-bond acceptors (Lipinski definition) is 5. The van der Waals surface area contributed by atoms with Gasteiger partial charge in [-0.3, -0.25) is 4.79 Å². The van der Waals surface area contributed by atoms with Gasteiger partial charge in [-0.2, -0.15) is 18.2 Å². The normalized spacial score (nSPS) is 17.8. The smallest absolute Gasteiger partial charge is 0.369 e. The molecular formula is C19H14F3N3O3. The van der Waals surface area contributed by atoms with Crippen molar-refractivity contribution in [2.24, 2.45) is 0 Å². The average Bonchev–Trinajstić information content (AvgIpc) is 3.19. The summed E-state index contributed by atoms with van der Waals surface area (Å²) >= 11 is 0. The minimum atomic E-state index is -4.70. The standard InChI is InChI=1S/C19H14F3N3O3/c20-19(21,22)18-23-17(24-28-18)13-6-8-14(9-7-13)25-15(10-27-11-16(25)26)12-4-2-1-3-5-12/h1-9,15H,10-11H2. The molecule has 0 bridgehead atoms. The van der Waals surface area contributed by atoms with Gasteiger partial charge >= 0.3 is 12.1 Å². The number of ether oxygens (including phenoxy) is 1. The first-order valence-electron chi connectivity index (χ1n) is 8.39. The zero-order valence-corrected chi connectivity index (χ0v) is 14.4. The second-order valence-electron chi connectivity index (χ2n) is 6.17. The van der Waals surface area contributed by atoms with E-state index >= 15 is 0 Å². The Balaban J connectivity index is 1.63. The van der Waals surface area contributed by atoms with Crippen LogP contribution >= 0.6 is 0 Å². The van der Waals surface area contributed by atoms with Gasteiger partial charge in [0, 0.05) is 11.3 Å². The molecule has 0 N–H and O–H groups in total. The van der Waals surface area contributed by atoms with Crippen LogP contribution in [-0.2, 0) is 15.7 Å². The number of aromatic nitrogens is 2. The van der Waals surface area contributed by atoms with Crippen molar-refractivity contribution in [3.63, 3.8) is 0 Å². The first-order chi connectivity index (χ1) is 13.4. The molecule has 1 aliphatic rings. The number of amides is 1. The molecule has 1 saturated heterocycles. The van der Waals surface area contributed by atoms with Crippen LogP contribution in [0, 0.1) is 0 Å². The van der Waals surface area contributed by atoms with Crippen LogP contribution in [0.5, 0.6) is 0 Å². The number of alkyl halides is 3. The lowest BCUT2D eigenvalue weighted by Gasteiger charge is -2.35. The molecule has 144 valence electrons. The zero-order valence-electron chi connectivity index (χ0n) is 14.4. The summed E-state index contributed by atoms with van der Waals surface area (Å²) in [5.74, 6) is -1.78. The van der Waals surface area contributed by atoms with E-state index in [0.29, 0.717) is 17.9 Å². The fraction of sp³-hybridized carbons (Fsp3) is 0.211. The highest BCUT2D eigenvalue weighted by Crippen LogP contribution is 2.33. The molecule has 2 aromatic carbocycles. The Hall–Kier alpha value is -3.20. The predicted octanol–water partition coefficient (Wildman–Crippen LogP) is 3.86. The van der Waals surface area contributed by atoms with Crippen LogP contribution in [0.15, 0.2) is 59.1 Å². The van der Waals surface area contributed by atoms with Crippen molar-refractivity contribution in [3.05, 3.63) is 66.1 Å². The highest BCUT2D eigenvalue weighted by atomic mass is 19.4. The quantitative estimate of drug-likeness (QED) is 0.681. The Bertz CT molecular complexity index is 971. The SMILES string of the molecule is O=C1COCC(c2ccccc2)N1c1ccc(-c2noc(C(F)(F)F)n2)cc1. The third-order valence-corrected chi connectivity index (χ3v) is 4.34. The minimum Gasteiger partial charge on any atom is -0.369 e. The Morgan fingerprint density at radius 1 is 1.04 bits per heavy atom. The second kappa shape index (κ2) is 7.08. The van der Waals surface area contributed by atoms with E-state index in [1.165, 1.54) is 0 Å². The molecule has 4 rings (SSSR count). The van der Waals surface area contributed by atoms with E-state index in [2.05, 4.69) is 14.7 Å². The summed E-state index contributed by atoms with van der Waals surface area (Å²) in [4.78, 5) is 17.5. The molecule has 0 radical (unpaired) electrons. The van der Waals surface area contributed by atoms with E-state index in [4.69, 9.17) is 4.74 Å². The number of anilines is 1. The van der Waals surface area contributed by atoms with Crippen molar-refractivity contribution in [1.82, 2.24) is 10.1 Å². The van der Waals surface area contributed by atoms with Gasteiger partial charge in [-0.15, -0.1) is 0 Å². The van der Waals surface area contributed by atoms with E-state index in [9.17, 15) is 18.0 Å². The number of benzene rings is 2. The van der Waals surface area contributed by atoms with Crippen LogP contribution < -0.4 is 4.90 Å². The third kappa shape index (κ3) is 3.48. The van der Waals surface area contributed by atoms with Crippen molar-refractivity contribution in [2.45, 2.75) is 12.2 Å². The van der Waals surface area contributed by atoms with Crippen LogP contribution in [0.25, 0.3) is 11.4 Å². The molecular weight excluding hydrogens is 375 g/mol. The molecule has 1 aromatic heterocycles. The van der Waals surface area contributed by atoms with E-state index in [1.807, 2.05) is 30.3 Å². The van der Waals surface area contributed by atoms with Crippen molar-refractivity contribution in [1.29, 1.82) is 0 Å². The maximum Gasteiger partial charge on any atom is 0.471 e. The number of halogens is 3. The number of nitrogens with zero attached hydrogens (tertiary/aromatic N) is 3. The molecule has 9 heteroatoms. The molecule has 28 heavy (non-hydrogen) atoms. The molecule has 1 amide bonds. The zero-order chi connectivity index (χ0) is 19.7. The summed E-state index contributed by atoms with van der Waals surface area (Å²) in [7, 11) is 0. The molecule has 0 aliphatic carbocycles. The molecule has 0 spiro atoms. The number of morpholine rings is 1. The third-order valence-electron chi connectivity index (χ3n) is 4.34. The first kappa shape index (κ1) is 18.2. The van der Waals surface area contributed by atoms with Gasteiger partial charge in [0.25, 0.3) is 5.91 Å². The highest BCUT2D eigenvalue weighted by molar-refractivity contribution is 5.96. The fourth-order valence-electron chi connectivity index (χ4n) is 3.05. The number of hydrogen-bond donors (Lipinski definition) is 0.